The van der Waals surface area contributed by atoms with Crippen molar-refractivity contribution in [3.8, 4) is 0 Å². The van der Waals surface area contributed by atoms with Gasteiger partial charge in [0, 0.05) is 5.54 Å². The van der Waals surface area contributed by atoms with Crippen molar-refractivity contribution in [3.05, 3.63) is 34.4 Å². The average molecular weight is 334 g/mol. The number of amides is 3. The van der Waals surface area contributed by atoms with E-state index in [1.165, 1.54) is 6.92 Å². The molecule has 1 atom stereocenters. The normalized spacial score (nSPS) is 12.3. The molecule has 0 saturated heterocycles. The zero-order valence-electron chi connectivity index (χ0n) is 15.4. The van der Waals surface area contributed by atoms with Crippen LogP contribution in [-0.4, -0.2) is 29.6 Å². The molecule has 6 nitrogen and oxygen atoms in total. The van der Waals surface area contributed by atoms with Gasteiger partial charge in [0.15, 0.2) is 6.10 Å². The van der Waals surface area contributed by atoms with Gasteiger partial charge in [-0.05, 0) is 59.6 Å². The third-order valence-corrected chi connectivity index (χ3v) is 3.26. The van der Waals surface area contributed by atoms with Crippen molar-refractivity contribution in [1.82, 2.24) is 10.6 Å². The summed E-state index contributed by atoms with van der Waals surface area (Å²) in [6, 6.07) is 3.13. The Hall–Kier alpha value is -2.37. The largest absolute Gasteiger partial charge is 0.449 e. The molecular formula is C18H26N2O4. The second kappa shape index (κ2) is 7.47. The van der Waals surface area contributed by atoms with E-state index in [2.05, 4.69) is 10.6 Å². The van der Waals surface area contributed by atoms with Crippen molar-refractivity contribution in [2.24, 2.45) is 0 Å². The fourth-order valence-electron chi connectivity index (χ4n) is 2.36. The van der Waals surface area contributed by atoms with E-state index in [0.29, 0.717) is 5.56 Å². The quantitative estimate of drug-likeness (QED) is 0.833. The number of carbonyl (C=O) groups is 3. The van der Waals surface area contributed by atoms with E-state index in [0.717, 1.165) is 16.7 Å². The van der Waals surface area contributed by atoms with Crippen LogP contribution in [0.25, 0.3) is 0 Å². The Balaban J connectivity index is 2.74. The van der Waals surface area contributed by atoms with Crippen molar-refractivity contribution in [1.29, 1.82) is 0 Å². The lowest BCUT2D eigenvalue weighted by Crippen LogP contribution is -2.50. The van der Waals surface area contributed by atoms with Crippen LogP contribution in [0.1, 0.15) is 54.7 Å². The molecule has 0 spiro atoms. The molecule has 24 heavy (non-hydrogen) atoms. The minimum atomic E-state index is -1.08. The highest BCUT2D eigenvalue weighted by atomic mass is 16.5. The number of ether oxygens (including phenoxy) is 1. The molecule has 0 aliphatic rings. The van der Waals surface area contributed by atoms with Gasteiger partial charge in [-0.3, -0.25) is 10.1 Å². The van der Waals surface area contributed by atoms with E-state index in [1.54, 1.807) is 20.8 Å². The molecule has 6 heteroatoms. The number of nitrogens with one attached hydrogen (secondary N) is 2. The molecule has 0 heterocycles. The van der Waals surface area contributed by atoms with E-state index in [9.17, 15) is 14.4 Å². The van der Waals surface area contributed by atoms with Crippen LogP contribution in [0.15, 0.2) is 12.1 Å². The third-order valence-electron chi connectivity index (χ3n) is 3.26. The molecule has 0 aliphatic heterocycles. The summed E-state index contributed by atoms with van der Waals surface area (Å²) >= 11 is 0. The second-order valence-corrected chi connectivity index (χ2v) is 7.01. The first-order valence-electron chi connectivity index (χ1n) is 7.82. The summed E-state index contributed by atoms with van der Waals surface area (Å²) < 4.78 is 5.20. The predicted octanol–water partition coefficient (Wildman–Crippen LogP) is 2.78. The van der Waals surface area contributed by atoms with E-state index in [1.807, 2.05) is 32.9 Å². The Bertz CT molecular complexity index is 636. The molecule has 0 aliphatic carbocycles. The van der Waals surface area contributed by atoms with Crippen LogP contribution in [0, 0.1) is 20.8 Å². The van der Waals surface area contributed by atoms with Crippen molar-refractivity contribution in [3.63, 3.8) is 0 Å². The summed E-state index contributed by atoms with van der Waals surface area (Å²) in [7, 11) is 0. The highest BCUT2D eigenvalue weighted by molar-refractivity contribution is 5.99. The first kappa shape index (κ1) is 19.7. The lowest BCUT2D eigenvalue weighted by atomic mass is 10.00. The van der Waals surface area contributed by atoms with E-state index < -0.39 is 29.6 Å². The number of hydrogen-bond donors (Lipinski definition) is 2. The molecule has 132 valence electrons. The van der Waals surface area contributed by atoms with Gasteiger partial charge in [0.05, 0.1) is 5.56 Å². The molecule has 1 aromatic rings. The van der Waals surface area contributed by atoms with Crippen LogP contribution in [0.5, 0.6) is 0 Å². The maximum atomic E-state index is 12.3. The van der Waals surface area contributed by atoms with Gasteiger partial charge in [0.2, 0.25) is 0 Å². The van der Waals surface area contributed by atoms with Gasteiger partial charge in [-0.2, -0.15) is 0 Å². The lowest BCUT2D eigenvalue weighted by molar-refractivity contribution is -0.127. The van der Waals surface area contributed by atoms with Crippen LogP contribution in [0.4, 0.5) is 4.79 Å². The van der Waals surface area contributed by atoms with Gasteiger partial charge in [-0.15, -0.1) is 0 Å². The molecule has 3 amide bonds. The molecule has 0 saturated carbocycles. The van der Waals surface area contributed by atoms with Gasteiger partial charge in [0.25, 0.3) is 5.91 Å². The molecule has 1 unspecified atom stereocenters. The van der Waals surface area contributed by atoms with Gasteiger partial charge in [0.1, 0.15) is 0 Å². The Morgan fingerprint density at radius 3 is 2.00 bits per heavy atom. The van der Waals surface area contributed by atoms with Crippen LogP contribution in [-0.2, 0) is 9.53 Å². The fraction of sp³-hybridized carbons (Fsp3) is 0.500. The Labute approximate surface area is 143 Å². The van der Waals surface area contributed by atoms with Crippen molar-refractivity contribution in [2.45, 2.75) is 60.1 Å². The summed E-state index contributed by atoms with van der Waals surface area (Å²) in [6.07, 6.45) is -1.08. The SMILES string of the molecule is Cc1cc(C)c(C(=O)OC(C)C(=O)NC(=O)NC(C)(C)C)c(C)c1. The number of esters is 1. The van der Waals surface area contributed by atoms with Crippen LogP contribution in [0.2, 0.25) is 0 Å². The number of hydrogen-bond acceptors (Lipinski definition) is 4. The van der Waals surface area contributed by atoms with Gasteiger partial charge in [-0.1, -0.05) is 17.7 Å². The van der Waals surface area contributed by atoms with Gasteiger partial charge < -0.3 is 10.1 Å². The second-order valence-electron chi connectivity index (χ2n) is 7.01. The molecule has 1 aromatic carbocycles. The predicted molar refractivity (Wildman–Crippen MR) is 92.0 cm³/mol. The number of rotatable bonds is 3. The van der Waals surface area contributed by atoms with Crippen LogP contribution < -0.4 is 10.6 Å². The van der Waals surface area contributed by atoms with E-state index in [-0.39, 0.29) is 0 Å². The van der Waals surface area contributed by atoms with Crippen LogP contribution in [0.3, 0.4) is 0 Å². The first-order chi connectivity index (χ1) is 10.9. The van der Waals surface area contributed by atoms with Crippen molar-refractivity contribution >= 4 is 17.9 Å². The molecule has 1 rings (SSSR count). The summed E-state index contributed by atoms with van der Waals surface area (Å²) in [5.74, 6) is -1.25. The fourth-order valence-corrected chi connectivity index (χ4v) is 2.36. The minimum absolute atomic E-state index is 0.444. The zero-order valence-corrected chi connectivity index (χ0v) is 15.4. The number of urea groups is 1. The highest BCUT2D eigenvalue weighted by Gasteiger charge is 2.24. The maximum Gasteiger partial charge on any atom is 0.339 e. The van der Waals surface area contributed by atoms with Gasteiger partial charge in [-0.25, -0.2) is 9.59 Å². The van der Waals surface area contributed by atoms with Gasteiger partial charge >= 0.3 is 12.0 Å². The Morgan fingerprint density at radius 1 is 1.04 bits per heavy atom. The highest BCUT2D eigenvalue weighted by Crippen LogP contribution is 2.18. The molecule has 0 fully saturated rings. The van der Waals surface area contributed by atoms with E-state index in [4.69, 9.17) is 4.74 Å². The Kier molecular flexibility index (Phi) is 6.12. The summed E-state index contributed by atoms with van der Waals surface area (Å²) in [6.45, 7) is 12.4. The third kappa shape index (κ3) is 5.68. The zero-order chi connectivity index (χ0) is 18.7. The van der Waals surface area contributed by atoms with E-state index >= 15 is 0 Å². The molecule has 2 N–H and O–H groups in total. The summed E-state index contributed by atoms with van der Waals surface area (Å²) in [5, 5.41) is 4.77. The topological polar surface area (TPSA) is 84.5 Å². The molecule has 0 aromatic heterocycles. The standard InChI is InChI=1S/C18H26N2O4/c1-10-8-11(2)14(12(3)9-10)16(22)24-13(4)15(21)19-17(23)20-18(5,6)7/h8-9,13H,1-7H3,(H2,19,20,21,23). The number of carbonyl (C=O) groups excluding carboxylic acids is 3. The smallest absolute Gasteiger partial charge is 0.339 e. The lowest BCUT2D eigenvalue weighted by Gasteiger charge is -2.21. The molecular weight excluding hydrogens is 308 g/mol. The minimum Gasteiger partial charge on any atom is -0.449 e. The monoisotopic (exact) mass is 334 g/mol. The number of imide groups is 1. The van der Waals surface area contributed by atoms with Crippen molar-refractivity contribution in [2.75, 3.05) is 0 Å². The maximum absolute atomic E-state index is 12.3. The average Bonchev–Trinajstić information content (AvgIpc) is 2.34. The Morgan fingerprint density at radius 2 is 1.54 bits per heavy atom. The number of benzene rings is 1. The summed E-state index contributed by atoms with van der Waals surface area (Å²) in [5.41, 5.74) is 2.59. The summed E-state index contributed by atoms with van der Waals surface area (Å²) in [4.78, 5) is 36.0. The number of aryl methyl sites for hydroxylation is 3. The molecule has 0 bridgehead atoms. The van der Waals surface area contributed by atoms with Crippen LogP contribution >= 0.6 is 0 Å². The van der Waals surface area contributed by atoms with Crippen molar-refractivity contribution < 1.29 is 19.1 Å². The molecule has 0 radical (unpaired) electrons. The first-order valence-corrected chi connectivity index (χ1v) is 7.82.